The number of hydrogen-bond donors (Lipinski definition) is 0. The van der Waals surface area contributed by atoms with Crippen molar-refractivity contribution in [3.63, 3.8) is 0 Å². The first-order chi connectivity index (χ1) is 10.2. The molecular weight excluding hydrogens is 260 g/mol. The molecule has 2 fully saturated rings. The molecule has 3 rings (SSSR count). The molecule has 0 atom stereocenters. The van der Waals surface area contributed by atoms with Crippen LogP contribution in [0.2, 0.25) is 0 Å². The van der Waals surface area contributed by atoms with Crippen LogP contribution in [0.25, 0.3) is 0 Å². The number of ether oxygens (including phenoxy) is 1. The smallest absolute Gasteiger partial charge is 0.0594 e. The second kappa shape index (κ2) is 6.80. The van der Waals surface area contributed by atoms with E-state index in [1.54, 1.807) is 0 Å². The SMILES string of the molecule is CC(C)c1ccc(N2CCC(N3CCOCC3)CC2)cc1. The summed E-state index contributed by atoms with van der Waals surface area (Å²) >= 11 is 0. The van der Waals surface area contributed by atoms with E-state index in [-0.39, 0.29) is 0 Å². The maximum Gasteiger partial charge on any atom is 0.0594 e. The number of piperidine rings is 1. The molecule has 2 saturated heterocycles. The molecule has 2 heterocycles. The third-order valence-electron chi connectivity index (χ3n) is 4.95. The minimum absolute atomic E-state index is 0.617. The van der Waals surface area contributed by atoms with Gasteiger partial charge < -0.3 is 9.64 Å². The summed E-state index contributed by atoms with van der Waals surface area (Å²) in [5.41, 5.74) is 2.82. The van der Waals surface area contributed by atoms with Gasteiger partial charge in [0.05, 0.1) is 13.2 Å². The number of anilines is 1. The Labute approximate surface area is 128 Å². The van der Waals surface area contributed by atoms with Gasteiger partial charge in [-0.25, -0.2) is 0 Å². The predicted octanol–water partition coefficient (Wildman–Crippen LogP) is 3.11. The van der Waals surface area contributed by atoms with Crippen LogP contribution in [0.5, 0.6) is 0 Å². The van der Waals surface area contributed by atoms with Crippen LogP contribution in [0.4, 0.5) is 5.69 Å². The Balaban J connectivity index is 1.55. The van der Waals surface area contributed by atoms with Gasteiger partial charge >= 0.3 is 0 Å². The maximum absolute atomic E-state index is 5.46. The summed E-state index contributed by atoms with van der Waals surface area (Å²) in [4.78, 5) is 5.17. The van der Waals surface area contributed by atoms with E-state index >= 15 is 0 Å². The summed E-state index contributed by atoms with van der Waals surface area (Å²) in [6, 6.07) is 9.93. The number of benzene rings is 1. The fraction of sp³-hybridized carbons (Fsp3) is 0.667. The minimum Gasteiger partial charge on any atom is -0.379 e. The van der Waals surface area contributed by atoms with Crippen molar-refractivity contribution in [3.8, 4) is 0 Å². The lowest BCUT2D eigenvalue weighted by atomic mass is 10.0. The third-order valence-corrected chi connectivity index (χ3v) is 4.95. The highest BCUT2D eigenvalue weighted by molar-refractivity contribution is 5.48. The molecular formula is C18H28N2O. The van der Waals surface area contributed by atoms with Crippen molar-refractivity contribution in [2.75, 3.05) is 44.3 Å². The van der Waals surface area contributed by atoms with Crippen LogP contribution < -0.4 is 4.90 Å². The molecule has 0 aliphatic carbocycles. The second-order valence-electron chi connectivity index (χ2n) is 6.61. The van der Waals surface area contributed by atoms with E-state index in [4.69, 9.17) is 4.74 Å². The van der Waals surface area contributed by atoms with Gasteiger partial charge in [0, 0.05) is 37.9 Å². The van der Waals surface area contributed by atoms with Gasteiger partial charge in [0.2, 0.25) is 0 Å². The van der Waals surface area contributed by atoms with Gasteiger partial charge in [-0.15, -0.1) is 0 Å². The van der Waals surface area contributed by atoms with E-state index < -0.39 is 0 Å². The van der Waals surface area contributed by atoms with Crippen LogP contribution in [0.15, 0.2) is 24.3 Å². The van der Waals surface area contributed by atoms with Gasteiger partial charge in [0.15, 0.2) is 0 Å². The Kier molecular flexibility index (Phi) is 4.81. The molecule has 1 aromatic rings. The molecule has 3 heteroatoms. The number of rotatable bonds is 3. The van der Waals surface area contributed by atoms with Crippen LogP contribution in [-0.4, -0.2) is 50.3 Å². The normalized spacial score (nSPS) is 22.0. The molecule has 21 heavy (non-hydrogen) atoms. The van der Waals surface area contributed by atoms with Gasteiger partial charge in [-0.3, -0.25) is 4.90 Å². The van der Waals surface area contributed by atoms with Gasteiger partial charge in [-0.05, 0) is 36.5 Å². The van der Waals surface area contributed by atoms with Crippen molar-refractivity contribution in [2.24, 2.45) is 0 Å². The molecule has 0 aromatic heterocycles. The van der Waals surface area contributed by atoms with Gasteiger partial charge in [0.1, 0.15) is 0 Å². The van der Waals surface area contributed by atoms with Crippen LogP contribution in [0.1, 0.15) is 38.2 Å². The standard InChI is InChI=1S/C18H28N2O/c1-15(2)16-3-5-17(6-4-16)19-9-7-18(8-10-19)20-11-13-21-14-12-20/h3-6,15,18H,7-14H2,1-2H3. The average molecular weight is 288 g/mol. The molecule has 3 nitrogen and oxygen atoms in total. The summed E-state index contributed by atoms with van der Waals surface area (Å²) in [7, 11) is 0. The first kappa shape index (κ1) is 14.9. The first-order valence-electron chi connectivity index (χ1n) is 8.41. The molecule has 0 bridgehead atoms. The van der Waals surface area contributed by atoms with E-state index in [9.17, 15) is 0 Å². The van der Waals surface area contributed by atoms with Crippen molar-refractivity contribution >= 4 is 5.69 Å². The first-order valence-corrected chi connectivity index (χ1v) is 8.41. The zero-order valence-electron chi connectivity index (χ0n) is 13.4. The molecule has 0 spiro atoms. The van der Waals surface area contributed by atoms with Crippen molar-refractivity contribution in [1.29, 1.82) is 0 Å². The van der Waals surface area contributed by atoms with Gasteiger partial charge in [-0.1, -0.05) is 26.0 Å². The zero-order valence-corrected chi connectivity index (χ0v) is 13.4. The van der Waals surface area contributed by atoms with Crippen LogP contribution in [0.3, 0.4) is 0 Å². The lowest BCUT2D eigenvalue weighted by Gasteiger charge is -2.40. The summed E-state index contributed by atoms with van der Waals surface area (Å²) in [5.74, 6) is 0.617. The average Bonchev–Trinajstić information content (AvgIpc) is 2.56. The zero-order chi connectivity index (χ0) is 14.7. The highest BCUT2D eigenvalue weighted by Gasteiger charge is 2.25. The summed E-state index contributed by atoms with van der Waals surface area (Å²) < 4.78 is 5.46. The van der Waals surface area contributed by atoms with E-state index in [0.717, 1.165) is 32.3 Å². The van der Waals surface area contributed by atoms with Crippen LogP contribution >= 0.6 is 0 Å². The van der Waals surface area contributed by atoms with E-state index in [1.807, 2.05) is 0 Å². The molecule has 2 aliphatic heterocycles. The van der Waals surface area contributed by atoms with Crippen LogP contribution in [-0.2, 0) is 4.74 Å². The highest BCUT2D eigenvalue weighted by atomic mass is 16.5. The molecule has 0 amide bonds. The second-order valence-corrected chi connectivity index (χ2v) is 6.61. The van der Waals surface area contributed by atoms with E-state index in [1.165, 1.54) is 37.2 Å². The Morgan fingerprint density at radius 3 is 2.14 bits per heavy atom. The molecule has 116 valence electrons. The Hall–Kier alpha value is -1.06. The van der Waals surface area contributed by atoms with Crippen molar-refractivity contribution in [1.82, 2.24) is 4.90 Å². The Bertz CT molecular complexity index is 429. The summed E-state index contributed by atoms with van der Waals surface area (Å²) in [6.45, 7) is 10.9. The topological polar surface area (TPSA) is 15.7 Å². The molecule has 0 saturated carbocycles. The quantitative estimate of drug-likeness (QED) is 0.850. The maximum atomic E-state index is 5.46. The molecule has 0 N–H and O–H groups in total. The highest BCUT2D eigenvalue weighted by Crippen LogP contribution is 2.25. The number of morpholine rings is 1. The monoisotopic (exact) mass is 288 g/mol. The minimum atomic E-state index is 0.617. The van der Waals surface area contributed by atoms with Crippen molar-refractivity contribution in [3.05, 3.63) is 29.8 Å². The Morgan fingerprint density at radius 1 is 0.952 bits per heavy atom. The molecule has 0 radical (unpaired) electrons. The molecule has 1 aromatic carbocycles. The van der Waals surface area contributed by atoms with Gasteiger partial charge in [0.25, 0.3) is 0 Å². The van der Waals surface area contributed by atoms with E-state index in [0.29, 0.717) is 5.92 Å². The number of nitrogens with zero attached hydrogens (tertiary/aromatic N) is 2. The lowest BCUT2D eigenvalue weighted by Crippen LogP contribution is -2.49. The van der Waals surface area contributed by atoms with Gasteiger partial charge in [-0.2, -0.15) is 0 Å². The van der Waals surface area contributed by atoms with Crippen LogP contribution in [0, 0.1) is 0 Å². The van der Waals surface area contributed by atoms with Crippen molar-refractivity contribution < 1.29 is 4.74 Å². The van der Waals surface area contributed by atoms with Crippen molar-refractivity contribution in [2.45, 2.75) is 38.6 Å². The molecule has 0 unspecified atom stereocenters. The largest absolute Gasteiger partial charge is 0.379 e. The fourth-order valence-corrected chi connectivity index (χ4v) is 3.50. The lowest BCUT2D eigenvalue weighted by molar-refractivity contribution is 0.0115. The summed E-state index contributed by atoms with van der Waals surface area (Å²) in [5, 5.41) is 0. The summed E-state index contributed by atoms with van der Waals surface area (Å²) in [6.07, 6.45) is 2.57. The molecule has 2 aliphatic rings. The third kappa shape index (κ3) is 3.58. The number of hydrogen-bond acceptors (Lipinski definition) is 3. The fourth-order valence-electron chi connectivity index (χ4n) is 3.50. The predicted molar refractivity (Wildman–Crippen MR) is 88.2 cm³/mol. The Morgan fingerprint density at radius 2 is 1.57 bits per heavy atom. The van der Waals surface area contributed by atoms with E-state index in [2.05, 4.69) is 47.9 Å².